The number of hydrogen-bond donors (Lipinski definition) is 0. The van der Waals surface area contributed by atoms with Crippen molar-refractivity contribution in [1.29, 1.82) is 0 Å². The van der Waals surface area contributed by atoms with Crippen molar-refractivity contribution in [2.75, 3.05) is 0 Å². The Balaban J connectivity index is 1.28. The fourth-order valence-electron chi connectivity index (χ4n) is 6.10. The highest BCUT2D eigenvalue weighted by Crippen LogP contribution is 2.36. The molecule has 0 aliphatic carbocycles. The number of aromatic nitrogens is 3. The van der Waals surface area contributed by atoms with Crippen molar-refractivity contribution in [3.8, 4) is 34.2 Å². The smallest absolute Gasteiger partial charge is 0.164 e. The summed E-state index contributed by atoms with van der Waals surface area (Å²) >= 11 is 0. The standard InChI is InChI=1S/C39H23N3O/c1-2-10-26-20-29(17-16-24(26)8-1)37-40-38(42-39(41-37)32-15-7-13-25-9-5-6-14-31(25)32)30-18-19-35-33(22-30)34-21-27-11-3-4-12-28(27)23-36(34)43-35/h1-23H. The van der Waals surface area contributed by atoms with Crippen LogP contribution in [0.4, 0.5) is 0 Å². The maximum Gasteiger partial charge on any atom is 0.164 e. The van der Waals surface area contributed by atoms with Gasteiger partial charge in [-0.3, -0.25) is 0 Å². The molecule has 0 atom stereocenters. The first kappa shape index (κ1) is 23.8. The van der Waals surface area contributed by atoms with Gasteiger partial charge in [-0.1, -0.05) is 103 Å². The third-order valence-electron chi connectivity index (χ3n) is 8.27. The van der Waals surface area contributed by atoms with Crippen LogP contribution in [0.1, 0.15) is 0 Å². The molecule has 4 heteroatoms. The van der Waals surface area contributed by atoms with Crippen molar-refractivity contribution in [2.24, 2.45) is 0 Å². The zero-order valence-corrected chi connectivity index (χ0v) is 23.0. The molecule has 0 radical (unpaired) electrons. The molecule has 9 aromatic rings. The first-order valence-electron chi connectivity index (χ1n) is 14.4. The molecule has 0 aliphatic rings. The van der Waals surface area contributed by atoms with Gasteiger partial charge in [0.25, 0.3) is 0 Å². The molecule has 43 heavy (non-hydrogen) atoms. The minimum atomic E-state index is 0.623. The molecule has 0 saturated heterocycles. The van der Waals surface area contributed by atoms with Crippen molar-refractivity contribution < 1.29 is 4.42 Å². The van der Waals surface area contributed by atoms with E-state index in [0.717, 1.165) is 60.2 Å². The van der Waals surface area contributed by atoms with E-state index in [2.05, 4.69) is 127 Å². The van der Waals surface area contributed by atoms with Crippen molar-refractivity contribution in [3.05, 3.63) is 140 Å². The van der Waals surface area contributed by atoms with E-state index in [1.807, 2.05) is 12.1 Å². The summed E-state index contributed by atoms with van der Waals surface area (Å²) in [7, 11) is 0. The third-order valence-corrected chi connectivity index (χ3v) is 8.27. The van der Waals surface area contributed by atoms with Gasteiger partial charge in [0.1, 0.15) is 11.2 Å². The lowest BCUT2D eigenvalue weighted by Gasteiger charge is -2.11. The summed E-state index contributed by atoms with van der Waals surface area (Å²) < 4.78 is 6.27. The SMILES string of the molecule is c1ccc2cc(-c3nc(-c4ccc5oc6cc7ccccc7cc6c5c4)nc(-c4cccc5ccccc45)n3)ccc2c1. The monoisotopic (exact) mass is 549 g/mol. The van der Waals surface area contributed by atoms with Crippen LogP contribution in [0, 0.1) is 0 Å². The van der Waals surface area contributed by atoms with Gasteiger partial charge >= 0.3 is 0 Å². The molecule has 2 aromatic heterocycles. The molecule has 7 aromatic carbocycles. The topological polar surface area (TPSA) is 51.8 Å². The summed E-state index contributed by atoms with van der Waals surface area (Å²) in [6.07, 6.45) is 0. The highest BCUT2D eigenvalue weighted by atomic mass is 16.3. The molecule has 0 amide bonds. The molecule has 200 valence electrons. The number of hydrogen-bond acceptors (Lipinski definition) is 4. The van der Waals surface area contributed by atoms with Gasteiger partial charge in [-0.2, -0.15) is 0 Å². The Kier molecular flexibility index (Phi) is 5.16. The molecule has 0 N–H and O–H groups in total. The highest BCUT2D eigenvalue weighted by molar-refractivity contribution is 6.11. The number of furan rings is 1. The van der Waals surface area contributed by atoms with Crippen molar-refractivity contribution in [3.63, 3.8) is 0 Å². The highest BCUT2D eigenvalue weighted by Gasteiger charge is 2.16. The molecule has 4 nitrogen and oxygen atoms in total. The molecule has 2 heterocycles. The number of rotatable bonds is 3. The van der Waals surface area contributed by atoms with E-state index in [0.29, 0.717) is 17.5 Å². The maximum absolute atomic E-state index is 6.27. The van der Waals surface area contributed by atoms with Crippen LogP contribution in [0.3, 0.4) is 0 Å². The van der Waals surface area contributed by atoms with E-state index in [-0.39, 0.29) is 0 Å². The Morgan fingerprint density at radius 2 is 0.930 bits per heavy atom. The van der Waals surface area contributed by atoms with Gasteiger partial charge in [-0.05, 0) is 68.7 Å². The second-order valence-electron chi connectivity index (χ2n) is 10.9. The minimum absolute atomic E-state index is 0.623. The normalized spacial score (nSPS) is 11.7. The lowest BCUT2D eigenvalue weighted by molar-refractivity contribution is 0.669. The van der Waals surface area contributed by atoms with Crippen molar-refractivity contribution >= 4 is 54.3 Å². The third kappa shape index (κ3) is 3.96. The molecule has 0 saturated carbocycles. The second kappa shape index (κ2) is 9.33. The Bertz CT molecular complexity index is 2520. The van der Waals surface area contributed by atoms with Gasteiger partial charge in [0, 0.05) is 27.5 Å². The van der Waals surface area contributed by atoms with Crippen LogP contribution in [0.15, 0.2) is 144 Å². The molecular formula is C39H23N3O. The second-order valence-corrected chi connectivity index (χ2v) is 10.9. The predicted molar refractivity (Wildman–Crippen MR) is 176 cm³/mol. The number of fused-ring (bicyclic) bond motifs is 6. The van der Waals surface area contributed by atoms with Gasteiger partial charge in [0.15, 0.2) is 17.5 Å². The minimum Gasteiger partial charge on any atom is -0.456 e. The van der Waals surface area contributed by atoms with Crippen molar-refractivity contribution in [2.45, 2.75) is 0 Å². The van der Waals surface area contributed by atoms with Gasteiger partial charge in [-0.25, -0.2) is 15.0 Å². The zero-order chi connectivity index (χ0) is 28.3. The van der Waals surface area contributed by atoms with Gasteiger partial charge in [0.2, 0.25) is 0 Å². The zero-order valence-electron chi connectivity index (χ0n) is 23.0. The average Bonchev–Trinajstić information content (AvgIpc) is 3.43. The van der Waals surface area contributed by atoms with Crippen LogP contribution in [-0.4, -0.2) is 15.0 Å². The first-order chi connectivity index (χ1) is 21.3. The van der Waals surface area contributed by atoms with E-state index in [1.54, 1.807) is 0 Å². The molecular weight excluding hydrogens is 526 g/mol. The van der Waals surface area contributed by atoms with Gasteiger partial charge in [0.05, 0.1) is 0 Å². The first-order valence-corrected chi connectivity index (χ1v) is 14.4. The summed E-state index contributed by atoms with van der Waals surface area (Å²) in [4.78, 5) is 15.2. The maximum atomic E-state index is 6.27. The van der Waals surface area contributed by atoms with Crippen LogP contribution in [0.25, 0.3) is 88.4 Å². The summed E-state index contributed by atoms with van der Waals surface area (Å²) in [6.45, 7) is 0. The lowest BCUT2D eigenvalue weighted by atomic mass is 10.0. The van der Waals surface area contributed by atoms with Crippen LogP contribution in [0.5, 0.6) is 0 Å². The molecule has 0 unspecified atom stereocenters. The summed E-state index contributed by atoms with van der Waals surface area (Å²) in [5.41, 5.74) is 4.55. The van der Waals surface area contributed by atoms with Crippen molar-refractivity contribution in [1.82, 2.24) is 15.0 Å². The van der Waals surface area contributed by atoms with Gasteiger partial charge in [-0.15, -0.1) is 0 Å². The predicted octanol–water partition coefficient (Wildman–Crippen LogP) is 10.2. The average molecular weight is 550 g/mol. The fraction of sp³-hybridized carbons (Fsp3) is 0. The lowest BCUT2D eigenvalue weighted by Crippen LogP contribution is -2.00. The van der Waals surface area contributed by atoms with Crippen LogP contribution in [-0.2, 0) is 0 Å². The van der Waals surface area contributed by atoms with Gasteiger partial charge < -0.3 is 4.42 Å². The van der Waals surface area contributed by atoms with E-state index >= 15 is 0 Å². The molecule has 0 fully saturated rings. The summed E-state index contributed by atoms with van der Waals surface area (Å²) in [5.74, 6) is 1.91. The summed E-state index contributed by atoms with van der Waals surface area (Å²) in [6, 6.07) is 48.2. The summed E-state index contributed by atoms with van der Waals surface area (Å²) in [5, 5.41) is 9.03. The Morgan fingerprint density at radius 1 is 0.349 bits per heavy atom. The number of benzene rings is 7. The quantitative estimate of drug-likeness (QED) is 0.220. The van der Waals surface area contributed by atoms with Crippen LogP contribution < -0.4 is 0 Å². The van der Waals surface area contributed by atoms with E-state index in [9.17, 15) is 0 Å². The van der Waals surface area contributed by atoms with Crippen LogP contribution >= 0.6 is 0 Å². The largest absolute Gasteiger partial charge is 0.456 e. The Morgan fingerprint density at radius 3 is 1.74 bits per heavy atom. The van der Waals surface area contributed by atoms with E-state index < -0.39 is 0 Å². The van der Waals surface area contributed by atoms with Crippen LogP contribution in [0.2, 0.25) is 0 Å². The molecule has 0 bridgehead atoms. The molecule has 9 rings (SSSR count). The molecule has 0 aliphatic heterocycles. The number of nitrogens with zero attached hydrogens (tertiary/aromatic N) is 3. The Labute approximate surface area is 246 Å². The Hall–Kier alpha value is -5.87. The fourth-order valence-corrected chi connectivity index (χ4v) is 6.10. The van der Waals surface area contributed by atoms with E-state index in [1.165, 1.54) is 10.8 Å². The molecule has 0 spiro atoms. The van der Waals surface area contributed by atoms with E-state index in [4.69, 9.17) is 19.4 Å².